The Morgan fingerprint density at radius 2 is 1.85 bits per heavy atom. The highest BCUT2D eigenvalue weighted by molar-refractivity contribution is 5.34. The van der Waals surface area contributed by atoms with Crippen LogP contribution in [0.2, 0.25) is 0 Å². The molecule has 0 fully saturated rings. The molecule has 1 aromatic carbocycles. The molecule has 20 heavy (non-hydrogen) atoms. The lowest BCUT2D eigenvalue weighted by molar-refractivity contribution is 0.627. The zero-order chi connectivity index (χ0) is 13.9. The van der Waals surface area contributed by atoms with Crippen LogP contribution in [0.3, 0.4) is 0 Å². The van der Waals surface area contributed by atoms with Gasteiger partial charge in [-0.2, -0.15) is 10.2 Å². The van der Waals surface area contributed by atoms with E-state index in [0.717, 1.165) is 17.2 Å². The minimum Gasteiger partial charge on any atom is -0.363 e. The van der Waals surface area contributed by atoms with Gasteiger partial charge in [-0.25, -0.2) is 9.07 Å². The summed E-state index contributed by atoms with van der Waals surface area (Å²) in [6.07, 6.45) is 3.72. The van der Waals surface area contributed by atoms with Crippen LogP contribution in [-0.2, 0) is 13.6 Å². The molecule has 0 saturated heterocycles. The maximum Gasteiger partial charge on any atom is 0.148 e. The zero-order valence-corrected chi connectivity index (χ0v) is 11.0. The normalized spacial score (nSPS) is 10.7. The van der Waals surface area contributed by atoms with Gasteiger partial charge in [0.05, 0.1) is 17.9 Å². The number of nitrogens with one attached hydrogen (secondary N) is 1. The summed E-state index contributed by atoms with van der Waals surface area (Å²) >= 11 is 0. The predicted octanol–water partition coefficient (Wildman–Crippen LogP) is 2.36. The molecule has 0 atom stereocenters. The molecule has 0 aliphatic carbocycles. The number of nitrogens with zero attached hydrogens (tertiary/aromatic N) is 4. The molecule has 0 aliphatic heterocycles. The van der Waals surface area contributed by atoms with Crippen molar-refractivity contribution < 1.29 is 4.39 Å². The van der Waals surface area contributed by atoms with Crippen LogP contribution in [0.4, 0.5) is 10.2 Å². The van der Waals surface area contributed by atoms with Gasteiger partial charge in [-0.3, -0.25) is 4.68 Å². The minimum atomic E-state index is -0.252. The highest BCUT2D eigenvalue weighted by Gasteiger charge is 2.02. The SMILES string of the molecule is Cn1ccc(NCc2ccn(-c3ccc(F)cc3)n2)n1. The molecule has 2 aromatic heterocycles. The molecule has 0 aliphatic rings. The molecule has 0 unspecified atom stereocenters. The fourth-order valence-corrected chi connectivity index (χ4v) is 1.88. The molecule has 1 N–H and O–H groups in total. The molecule has 3 aromatic rings. The quantitative estimate of drug-likeness (QED) is 0.792. The minimum absolute atomic E-state index is 0.252. The van der Waals surface area contributed by atoms with E-state index in [1.54, 1.807) is 21.5 Å². The molecule has 3 rings (SSSR count). The summed E-state index contributed by atoms with van der Waals surface area (Å²) in [7, 11) is 1.87. The van der Waals surface area contributed by atoms with E-state index in [1.165, 1.54) is 12.1 Å². The molecule has 6 heteroatoms. The summed E-state index contributed by atoms with van der Waals surface area (Å²) in [5.74, 6) is 0.557. The number of hydrogen-bond acceptors (Lipinski definition) is 3. The summed E-state index contributed by atoms with van der Waals surface area (Å²) in [6.45, 7) is 0.589. The van der Waals surface area contributed by atoms with Crippen molar-refractivity contribution in [2.75, 3.05) is 5.32 Å². The van der Waals surface area contributed by atoms with Crippen molar-refractivity contribution >= 4 is 5.82 Å². The monoisotopic (exact) mass is 271 g/mol. The van der Waals surface area contributed by atoms with Gasteiger partial charge in [0, 0.05) is 25.5 Å². The van der Waals surface area contributed by atoms with Gasteiger partial charge < -0.3 is 5.32 Å². The number of rotatable bonds is 4. The van der Waals surface area contributed by atoms with Crippen molar-refractivity contribution in [3.8, 4) is 5.69 Å². The Balaban J connectivity index is 1.69. The van der Waals surface area contributed by atoms with E-state index in [9.17, 15) is 4.39 Å². The summed E-state index contributed by atoms with van der Waals surface area (Å²) in [5, 5.41) is 11.8. The van der Waals surface area contributed by atoms with Crippen LogP contribution >= 0.6 is 0 Å². The largest absolute Gasteiger partial charge is 0.363 e. The maximum absolute atomic E-state index is 12.9. The van der Waals surface area contributed by atoms with Gasteiger partial charge in [0.25, 0.3) is 0 Å². The first kappa shape index (κ1) is 12.4. The Kier molecular flexibility index (Phi) is 3.20. The lowest BCUT2D eigenvalue weighted by atomic mass is 10.3. The van der Waals surface area contributed by atoms with Crippen LogP contribution in [0, 0.1) is 5.82 Å². The van der Waals surface area contributed by atoms with E-state index >= 15 is 0 Å². The molecule has 5 nitrogen and oxygen atoms in total. The van der Waals surface area contributed by atoms with Gasteiger partial charge in [-0.15, -0.1) is 0 Å². The maximum atomic E-state index is 12.9. The third kappa shape index (κ3) is 2.69. The number of hydrogen-bond donors (Lipinski definition) is 1. The van der Waals surface area contributed by atoms with Crippen molar-refractivity contribution in [2.45, 2.75) is 6.54 Å². The number of benzene rings is 1. The van der Waals surface area contributed by atoms with Gasteiger partial charge in [0.1, 0.15) is 11.6 Å². The Morgan fingerprint density at radius 1 is 1.05 bits per heavy atom. The van der Waals surface area contributed by atoms with E-state index in [0.29, 0.717) is 6.54 Å². The van der Waals surface area contributed by atoms with E-state index < -0.39 is 0 Å². The van der Waals surface area contributed by atoms with Crippen molar-refractivity contribution in [3.05, 3.63) is 60.3 Å². The van der Waals surface area contributed by atoms with E-state index in [1.807, 2.05) is 31.6 Å². The van der Waals surface area contributed by atoms with Crippen LogP contribution < -0.4 is 5.32 Å². The third-order valence-electron chi connectivity index (χ3n) is 2.90. The van der Waals surface area contributed by atoms with Gasteiger partial charge in [-0.1, -0.05) is 0 Å². The second-order valence-electron chi connectivity index (χ2n) is 4.46. The highest BCUT2D eigenvalue weighted by Crippen LogP contribution is 2.10. The van der Waals surface area contributed by atoms with Gasteiger partial charge in [-0.05, 0) is 30.3 Å². The Labute approximate surface area is 115 Å². The third-order valence-corrected chi connectivity index (χ3v) is 2.90. The fourth-order valence-electron chi connectivity index (χ4n) is 1.88. The Morgan fingerprint density at radius 3 is 2.55 bits per heavy atom. The summed E-state index contributed by atoms with van der Waals surface area (Å²) in [5.41, 5.74) is 1.72. The summed E-state index contributed by atoms with van der Waals surface area (Å²) in [6, 6.07) is 10.0. The van der Waals surface area contributed by atoms with Crippen LogP contribution in [-0.4, -0.2) is 19.6 Å². The fraction of sp³-hybridized carbons (Fsp3) is 0.143. The molecule has 0 saturated carbocycles. The standard InChI is InChI=1S/C14H14FN5/c1-19-8-7-14(18-19)16-10-12-6-9-20(17-12)13-4-2-11(15)3-5-13/h2-9H,10H2,1H3,(H,16,18). The van der Waals surface area contributed by atoms with Crippen molar-refractivity contribution in [1.82, 2.24) is 19.6 Å². The van der Waals surface area contributed by atoms with Gasteiger partial charge in [0.2, 0.25) is 0 Å². The first-order chi connectivity index (χ1) is 9.70. The summed E-state index contributed by atoms with van der Waals surface area (Å²) < 4.78 is 16.3. The predicted molar refractivity (Wildman–Crippen MR) is 74.1 cm³/mol. The Hall–Kier alpha value is -2.63. The average molecular weight is 271 g/mol. The van der Waals surface area contributed by atoms with Gasteiger partial charge in [0.15, 0.2) is 0 Å². The smallest absolute Gasteiger partial charge is 0.148 e. The van der Waals surface area contributed by atoms with Crippen molar-refractivity contribution in [2.24, 2.45) is 7.05 Å². The molecule has 0 radical (unpaired) electrons. The second kappa shape index (κ2) is 5.16. The first-order valence-corrected chi connectivity index (χ1v) is 6.25. The first-order valence-electron chi connectivity index (χ1n) is 6.25. The zero-order valence-electron chi connectivity index (χ0n) is 11.0. The number of aromatic nitrogens is 4. The molecule has 0 bridgehead atoms. The van der Waals surface area contributed by atoms with E-state index in [4.69, 9.17) is 0 Å². The van der Waals surface area contributed by atoms with Crippen molar-refractivity contribution in [3.63, 3.8) is 0 Å². The van der Waals surface area contributed by atoms with Crippen molar-refractivity contribution in [1.29, 1.82) is 0 Å². The summed E-state index contributed by atoms with van der Waals surface area (Å²) in [4.78, 5) is 0. The molecule has 2 heterocycles. The molecule has 102 valence electrons. The number of aryl methyl sites for hydroxylation is 1. The van der Waals surface area contributed by atoms with E-state index in [-0.39, 0.29) is 5.82 Å². The van der Waals surface area contributed by atoms with E-state index in [2.05, 4.69) is 15.5 Å². The lowest BCUT2D eigenvalue weighted by Gasteiger charge is -2.01. The lowest BCUT2D eigenvalue weighted by Crippen LogP contribution is -2.03. The molecular weight excluding hydrogens is 257 g/mol. The van der Waals surface area contributed by atoms with Gasteiger partial charge >= 0.3 is 0 Å². The molecule has 0 amide bonds. The number of halogens is 1. The van der Waals surface area contributed by atoms with Crippen LogP contribution in [0.1, 0.15) is 5.69 Å². The molecular formula is C14H14FN5. The number of anilines is 1. The van der Waals surface area contributed by atoms with Crippen LogP contribution in [0.15, 0.2) is 48.8 Å². The van der Waals surface area contributed by atoms with Crippen LogP contribution in [0.25, 0.3) is 5.69 Å². The second-order valence-corrected chi connectivity index (χ2v) is 4.46. The Bertz CT molecular complexity index is 698. The van der Waals surface area contributed by atoms with Crippen LogP contribution in [0.5, 0.6) is 0 Å². The highest BCUT2D eigenvalue weighted by atomic mass is 19.1. The average Bonchev–Trinajstić information content (AvgIpc) is 3.06. The topological polar surface area (TPSA) is 47.7 Å². The molecule has 0 spiro atoms.